The molecule has 0 radical (unpaired) electrons. The van der Waals surface area contributed by atoms with Crippen LogP contribution in [0.4, 0.5) is 0 Å². The molecule has 0 amide bonds. The van der Waals surface area contributed by atoms with Crippen LogP contribution >= 0.6 is 0 Å². The minimum atomic E-state index is -2.96. The first-order chi connectivity index (χ1) is 9.85. The number of nitrogens with two attached hydrogens (primary N) is 1. The van der Waals surface area contributed by atoms with E-state index in [2.05, 4.69) is 0 Å². The number of sulfone groups is 1. The maximum Gasteiger partial charge on any atom is 0.231 e. The Hall–Kier alpha value is -1.47. The molecule has 0 bridgehead atoms. The second kappa shape index (κ2) is 6.53. The Morgan fingerprint density at radius 1 is 1.33 bits per heavy atom. The predicted octanol–water partition coefficient (Wildman–Crippen LogP) is 1.12. The lowest BCUT2D eigenvalue weighted by Gasteiger charge is -2.14. The summed E-state index contributed by atoms with van der Waals surface area (Å²) in [5.41, 5.74) is 6.78. The quantitative estimate of drug-likeness (QED) is 0.759. The van der Waals surface area contributed by atoms with E-state index in [0.29, 0.717) is 36.7 Å². The van der Waals surface area contributed by atoms with Crippen molar-refractivity contribution >= 4 is 9.84 Å². The summed E-state index contributed by atoms with van der Waals surface area (Å²) in [6.45, 7) is 2.45. The molecule has 1 atom stereocenters. The third-order valence-electron chi connectivity index (χ3n) is 3.01. The third kappa shape index (κ3) is 4.78. The van der Waals surface area contributed by atoms with Gasteiger partial charge >= 0.3 is 0 Å². The molecule has 6 nitrogen and oxygen atoms in total. The summed E-state index contributed by atoms with van der Waals surface area (Å²) in [7, 11) is -2.96. The molecule has 1 aromatic rings. The molecule has 7 heteroatoms. The molecule has 0 fully saturated rings. The second-order valence-electron chi connectivity index (χ2n) is 5.33. The Balaban J connectivity index is 2.06. The van der Waals surface area contributed by atoms with Gasteiger partial charge in [0, 0.05) is 18.4 Å². The van der Waals surface area contributed by atoms with Crippen molar-refractivity contribution in [2.24, 2.45) is 5.73 Å². The normalized spacial score (nSPS) is 15.0. The molecule has 0 saturated heterocycles. The number of hydrogen-bond acceptors (Lipinski definition) is 6. The molecule has 0 spiro atoms. The molecule has 1 aromatic carbocycles. The SMILES string of the molecule is CC(N)Cc1cc2c(cc1OCCCS(C)(=O)=O)OCO2. The number of hydrogen-bond donors (Lipinski definition) is 1. The van der Waals surface area contributed by atoms with Crippen molar-refractivity contribution in [1.82, 2.24) is 0 Å². The monoisotopic (exact) mass is 315 g/mol. The zero-order chi connectivity index (χ0) is 15.5. The van der Waals surface area contributed by atoms with Crippen LogP contribution in [0.15, 0.2) is 12.1 Å². The van der Waals surface area contributed by atoms with Crippen LogP contribution in [0.3, 0.4) is 0 Å². The maximum atomic E-state index is 11.1. The zero-order valence-corrected chi connectivity index (χ0v) is 13.1. The number of ether oxygens (including phenoxy) is 3. The fraction of sp³-hybridized carbons (Fsp3) is 0.571. The Labute approximate surface area is 125 Å². The number of rotatable bonds is 7. The van der Waals surface area contributed by atoms with E-state index in [4.69, 9.17) is 19.9 Å². The van der Waals surface area contributed by atoms with Gasteiger partial charge in [-0.3, -0.25) is 0 Å². The van der Waals surface area contributed by atoms with E-state index in [1.54, 1.807) is 6.07 Å². The summed E-state index contributed by atoms with van der Waals surface area (Å²) >= 11 is 0. The number of fused-ring (bicyclic) bond motifs is 1. The van der Waals surface area contributed by atoms with Crippen LogP contribution in [-0.2, 0) is 16.3 Å². The smallest absolute Gasteiger partial charge is 0.231 e. The van der Waals surface area contributed by atoms with E-state index in [1.807, 2.05) is 13.0 Å². The van der Waals surface area contributed by atoms with E-state index < -0.39 is 9.84 Å². The molecule has 0 saturated carbocycles. The van der Waals surface area contributed by atoms with Gasteiger partial charge in [0.05, 0.1) is 12.4 Å². The van der Waals surface area contributed by atoms with Crippen molar-refractivity contribution < 1.29 is 22.6 Å². The minimum Gasteiger partial charge on any atom is -0.493 e. The Morgan fingerprint density at radius 2 is 2.00 bits per heavy atom. The highest BCUT2D eigenvalue weighted by Gasteiger charge is 2.18. The summed E-state index contributed by atoms with van der Waals surface area (Å²) in [4.78, 5) is 0. The maximum absolute atomic E-state index is 11.1. The van der Waals surface area contributed by atoms with Gasteiger partial charge in [-0.25, -0.2) is 8.42 Å². The third-order valence-corrected chi connectivity index (χ3v) is 4.04. The summed E-state index contributed by atoms with van der Waals surface area (Å²) in [6.07, 6.45) is 2.32. The second-order valence-corrected chi connectivity index (χ2v) is 7.59. The first-order valence-corrected chi connectivity index (χ1v) is 8.90. The lowest BCUT2D eigenvalue weighted by Crippen LogP contribution is -2.18. The fourth-order valence-corrected chi connectivity index (χ4v) is 2.75. The molecule has 1 aliphatic rings. The summed E-state index contributed by atoms with van der Waals surface area (Å²) in [6, 6.07) is 3.64. The average Bonchev–Trinajstić information content (AvgIpc) is 2.79. The highest BCUT2D eigenvalue weighted by Crippen LogP contribution is 2.38. The fourth-order valence-electron chi connectivity index (χ4n) is 2.11. The Kier molecular flexibility index (Phi) is 4.95. The van der Waals surface area contributed by atoms with Crippen LogP contribution in [0, 0.1) is 0 Å². The number of benzene rings is 1. The largest absolute Gasteiger partial charge is 0.493 e. The zero-order valence-electron chi connectivity index (χ0n) is 12.3. The molecule has 0 aromatic heterocycles. The van der Waals surface area contributed by atoms with Crippen LogP contribution in [0.1, 0.15) is 18.9 Å². The Bertz CT molecular complexity index is 598. The van der Waals surface area contributed by atoms with Crippen molar-refractivity contribution in [2.75, 3.05) is 25.4 Å². The van der Waals surface area contributed by atoms with Gasteiger partial charge in [0.15, 0.2) is 11.5 Å². The van der Waals surface area contributed by atoms with E-state index in [0.717, 1.165) is 5.56 Å². The van der Waals surface area contributed by atoms with Gasteiger partial charge in [-0.2, -0.15) is 0 Å². The predicted molar refractivity (Wildman–Crippen MR) is 79.7 cm³/mol. The molecule has 1 unspecified atom stereocenters. The van der Waals surface area contributed by atoms with Crippen LogP contribution in [-0.4, -0.2) is 39.9 Å². The van der Waals surface area contributed by atoms with Gasteiger partial charge in [-0.05, 0) is 31.4 Å². The van der Waals surface area contributed by atoms with Gasteiger partial charge in [0.2, 0.25) is 6.79 Å². The van der Waals surface area contributed by atoms with Gasteiger partial charge < -0.3 is 19.9 Å². The first-order valence-electron chi connectivity index (χ1n) is 6.84. The summed E-state index contributed by atoms with van der Waals surface area (Å²) < 4.78 is 38.6. The molecule has 21 heavy (non-hydrogen) atoms. The first kappa shape index (κ1) is 15.9. The molecule has 2 rings (SSSR count). The highest BCUT2D eigenvalue weighted by atomic mass is 32.2. The van der Waals surface area contributed by atoms with E-state index in [9.17, 15) is 8.42 Å². The highest BCUT2D eigenvalue weighted by molar-refractivity contribution is 7.90. The molecule has 1 aliphatic heterocycles. The molecular weight excluding hydrogens is 294 g/mol. The minimum absolute atomic E-state index is 0.0104. The Morgan fingerprint density at radius 3 is 2.62 bits per heavy atom. The van der Waals surface area contributed by atoms with Crippen LogP contribution in [0.2, 0.25) is 0 Å². The van der Waals surface area contributed by atoms with Crippen molar-refractivity contribution in [2.45, 2.75) is 25.8 Å². The van der Waals surface area contributed by atoms with Crippen molar-refractivity contribution in [3.8, 4) is 17.2 Å². The lowest BCUT2D eigenvalue weighted by atomic mass is 10.1. The molecule has 118 valence electrons. The standard InChI is InChI=1S/C14H21NO5S/c1-10(15)6-11-7-13-14(20-9-19-13)8-12(11)18-4-3-5-21(2,16)17/h7-8,10H,3-6,9,15H2,1-2H3. The lowest BCUT2D eigenvalue weighted by molar-refractivity contribution is 0.173. The molecule has 2 N–H and O–H groups in total. The van der Waals surface area contributed by atoms with Crippen molar-refractivity contribution in [1.29, 1.82) is 0 Å². The average molecular weight is 315 g/mol. The van der Waals surface area contributed by atoms with Crippen LogP contribution in [0.5, 0.6) is 17.2 Å². The van der Waals surface area contributed by atoms with E-state index >= 15 is 0 Å². The summed E-state index contributed by atoms with van der Waals surface area (Å²) in [5.74, 6) is 2.11. The van der Waals surface area contributed by atoms with Gasteiger partial charge in [-0.15, -0.1) is 0 Å². The van der Waals surface area contributed by atoms with Crippen LogP contribution < -0.4 is 19.9 Å². The van der Waals surface area contributed by atoms with Gasteiger partial charge in [-0.1, -0.05) is 0 Å². The van der Waals surface area contributed by atoms with Crippen molar-refractivity contribution in [3.63, 3.8) is 0 Å². The molecule has 1 heterocycles. The van der Waals surface area contributed by atoms with E-state index in [1.165, 1.54) is 6.26 Å². The van der Waals surface area contributed by atoms with Crippen LogP contribution in [0.25, 0.3) is 0 Å². The summed E-state index contributed by atoms with van der Waals surface area (Å²) in [5, 5.41) is 0. The topological polar surface area (TPSA) is 87.9 Å². The molecule has 0 aliphatic carbocycles. The van der Waals surface area contributed by atoms with Gasteiger partial charge in [0.25, 0.3) is 0 Å². The van der Waals surface area contributed by atoms with Crippen molar-refractivity contribution in [3.05, 3.63) is 17.7 Å². The molecular formula is C14H21NO5S. The van der Waals surface area contributed by atoms with Gasteiger partial charge in [0.1, 0.15) is 15.6 Å². The van der Waals surface area contributed by atoms with E-state index in [-0.39, 0.29) is 18.6 Å².